The van der Waals surface area contributed by atoms with Crippen LogP contribution in [0.15, 0.2) is 0 Å². The molecule has 0 aliphatic carbocycles. The van der Waals surface area contributed by atoms with Crippen LogP contribution in [0, 0.1) is 11.8 Å². The molecule has 1 aliphatic heterocycles. The Labute approximate surface area is 98.1 Å². The first-order valence-electron chi connectivity index (χ1n) is 6.26. The van der Waals surface area contributed by atoms with Crippen molar-refractivity contribution in [3.63, 3.8) is 0 Å². The molecule has 0 aromatic heterocycles. The molecule has 0 atom stereocenters. The molecule has 2 N–H and O–H groups in total. The molecule has 16 heavy (non-hydrogen) atoms. The Morgan fingerprint density at radius 3 is 2.75 bits per heavy atom. The maximum atomic E-state index is 11.7. The molecule has 1 amide bonds. The third-order valence-electron chi connectivity index (χ3n) is 2.71. The van der Waals surface area contributed by atoms with Crippen LogP contribution in [0.3, 0.4) is 0 Å². The third kappa shape index (κ3) is 5.47. The number of amides is 1. The maximum Gasteiger partial charge on any atom is 0.223 e. The Hall–Kier alpha value is -0.610. The van der Waals surface area contributed by atoms with Gasteiger partial charge in [-0.3, -0.25) is 4.79 Å². The minimum Gasteiger partial charge on any atom is -0.379 e. The second-order valence-electron chi connectivity index (χ2n) is 4.78. The number of hydrogen-bond donors (Lipinski definition) is 2. The number of rotatable bonds is 6. The molecule has 0 bridgehead atoms. The lowest BCUT2D eigenvalue weighted by atomic mass is 9.97. The third-order valence-corrected chi connectivity index (χ3v) is 2.71. The average molecular weight is 228 g/mol. The van der Waals surface area contributed by atoms with E-state index in [2.05, 4.69) is 24.5 Å². The van der Waals surface area contributed by atoms with Gasteiger partial charge in [0, 0.05) is 19.1 Å². The zero-order valence-corrected chi connectivity index (χ0v) is 10.4. The molecular formula is C12H24N2O2. The van der Waals surface area contributed by atoms with Crippen molar-refractivity contribution in [3.8, 4) is 0 Å². The number of ether oxygens (including phenoxy) is 1. The van der Waals surface area contributed by atoms with Crippen molar-refractivity contribution in [2.24, 2.45) is 11.8 Å². The van der Waals surface area contributed by atoms with E-state index in [0.29, 0.717) is 19.1 Å². The summed E-state index contributed by atoms with van der Waals surface area (Å²) in [6.07, 6.45) is 1.91. The monoisotopic (exact) mass is 228 g/mol. The number of nitrogens with one attached hydrogen (secondary N) is 2. The van der Waals surface area contributed by atoms with Crippen molar-refractivity contribution in [3.05, 3.63) is 0 Å². The highest BCUT2D eigenvalue weighted by Crippen LogP contribution is 2.10. The van der Waals surface area contributed by atoms with Gasteiger partial charge >= 0.3 is 0 Å². The second-order valence-corrected chi connectivity index (χ2v) is 4.78. The molecule has 1 fully saturated rings. The van der Waals surface area contributed by atoms with Gasteiger partial charge in [-0.15, -0.1) is 0 Å². The van der Waals surface area contributed by atoms with Crippen LogP contribution in [0.4, 0.5) is 0 Å². The molecule has 1 rings (SSSR count). The van der Waals surface area contributed by atoms with E-state index in [1.54, 1.807) is 0 Å². The fraction of sp³-hybridized carbons (Fsp3) is 0.917. The summed E-state index contributed by atoms with van der Waals surface area (Å²) in [4.78, 5) is 11.7. The Kier molecular flexibility index (Phi) is 6.42. The second kappa shape index (κ2) is 7.63. The van der Waals surface area contributed by atoms with E-state index in [-0.39, 0.29) is 11.8 Å². The lowest BCUT2D eigenvalue weighted by Crippen LogP contribution is -2.39. The fourth-order valence-electron chi connectivity index (χ4n) is 1.79. The summed E-state index contributed by atoms with van der Waals surface area (Å²) in [5, 5.41) is 6.19. The van der Waals surface area contributed by atoms with Crippen LogP contribution in [0.5, 0.6) is 0 Å². The van der Waals surface area contributed by atoms with E-state index >= 15 is 0 Å². The van der Waals surface area contributed by atoms with Crippen molar-refractivity contribution >= 4 is 5.91 Å². The predicted molar refractivity (Wildman–Crippen MR) is 64.3 cm³/mol. The summed E-state index contributed by atoms with van der Waals surface area (Å²) in [5.41, 5.74) is 0. The van der Waals surface area contributed by atoms with Gasteiger partial charge in [0.2, 0.25) is 5.91 Å². The Morgan fingerprint density at radius 1 is 1.44 bits per heavy atom. The minimum absolute atomic E-state index is 0.189. The number of carbonyl (C=O) groups is 1. The highest BCUT2D eigenvalue weighted by molar-refractivity contribution is 5.78. The molecule has 0 saturated carbocycles. The molecular weight excluding hydrogens is 204 g/mol. The predicted octanol–water partition coefficient (Wildman–Crippen LogP) is 0.775. The molecule has 0 aromatic rings. The maximum absolute atomic E-state index is 11.7. The average Bonchev–Trinajstić information content (AvgIpc) is 2.29. The van der Waals surface area contributed by atoms with Crippen LogP contribution in [0.25, 0.3) is 0 Å². The summed E-state index contributed by atoms with van der Waals surface area (Å²) in [7, 11) is 0. The minimum atomic E-state index is 0.189. The molecule has 94 valence electrons. The van der Waals surface area contributed by atoms with E-state index in [1.165, 1.54) is 0 Å². The highest BCUT2D eigenvalue weighted by atomic mass is 16.5. The standard InChI is InChI=1S/C12H24N2O2/c1-10(2)9-16-8-7-14-12(15)11-3-5-13-6-4-11/h10-11,13H,3-9H2,1-2H3,(H,14,15). The number of piperidine rings is 1. The summed E-state index contributed by atoms with van der Waals surface area (Å²) in [6.45, 7) is 8.18. The molecule has 0 unspecified atom stereocenters. The summed E-state index contributed by atoms with van der Waals surface area (Å²) >= 11 is 0. The van der Waals surface area contributed by atoms with Crippen molar-refractivity contribution in [1.29, 1.82) is 0 Å². The first-order chi connectivity index (χ1) is 7.70. The molecule has 4 nitrogen and oxygen atoms in total. The van der Waals surface area contributed by atoms with Crippen molar-refractivity contribution in [2.75, 3.05) is 32.8 Å². The molecule has 1 saturated heterocycles. The molecule has 1 heterocycles. The smallest absolute Gasteiger partial charge is 0.223 e. The van der Waals surface area contributed by atoms with E-state index in [4.69, 9.17) is 4.74 Å². The number of hydrogen-bond acceptors (Lipinski definition) is 3. The molecule has 1 aliphatic rings. The van der Waals surface area contributed by atoms with E-state index in [0.717, 1.165) is 32.5 Å². The van der Waals surface area contributed by atoms with Crippen LogP contribution in [0.2, 0.25) is 0 Å². The van der Waals surface area contributed by atoms with Gasteiger partial charge in [-0.25, -0.2) is 0 Å². The van der Waals surface area contributed by atoms with Gasteiger partial charge < -0.3 is 15.4 Å². The van der Waals surface area contributed by atoms with Crippen LogP contribution in [-0.4, -0.2) is 38.8 Å². The van der Waals surface area contributed by atoms with Crippen LogP contribution < -0.4 is 10.6 Å². The zero-order chi connectivity index (χ0) is 11.8. The topological polar surface area (TPSA) is 50.4 Å². The molecule has 0 radical (unpaired) electrons. The lowest BCUT2D eigenvalue weighted by molar-refractivity contribution is -0.126. The molecule has 0 spiro atoms. The summed E-state index contributed by atoms with van der Waals surface area (Å²) in [5.74, 6) is 0.945. The van der Waals surface area contributed by atoms with Gasteiger partial charge in [0.15, 0.2) is 0 Å². The van der Waals surface area contributed by atoms with Crippen molar-refractivity contribution in [1.82, 2.24) is 10.6 Å². The van der Waals surface area contributed by atoms with Gasteiger partial charge in [-0.05, 0) is 31.8 Å². The van der Waals surface area contributed by atoms with Crippen LogP contribution in [-0.2, 0) is 9.53 Å². The van der Waals surface area contributed by atoms with Gasteiger partial charge in [0.05, 0.1) is 6.61 Å². The van der Waals surface area contributed by atoms with Crippen LogP contribution >= 0.6 is 0 Å². The van der Waals surface area contributed by atoms with Crippen molar-refractivity contribution in [2.45, 2.75) is 26.7 Å². The largest absolute Gasteiger partial charge is 0.379 e. The summed E-state index contributed by atoms with van der Waals surface area (Å²) in [6, 6.07) is 0. The Bertz CT molecular complexity index is 201. The Morgan fingerprint density at radius 2 is 2.12 bits per heavy atom. The highest BCUT2D eigenvalue weighted by Gasteiger charge is 2.19. The van der Waals surface area contributed by atoms with Crippen LogP contribution in [0.1, 0.15) is 26.7 Å². The molecule has 4 heteroatoms. The molecule has 0 aromatic carbocycles. The van der Waals surface area contributed by atoms with Crippen molar-refractivity contribution < 1.29 is 9.53 Å². The quantitative estimate of drug-likeness (QED) is 0.660. The first-order valence-corrected chi connectivity index (χ1v) is 6.26. The summed E-state index contributed by atoms with van der Waals surface area (Å²) < 4.78 is 5.41. The van der Waals surface area contributed by atoms with E-state index in [1.807, 2.05) is 0 Å². The van der Waals surface area contributed by atoms with E-state index < -0.39 is 0 Å². The zero-order valence-electron chi connectivity index (χ0n) is 10.4. The Balaban J connectivity index is 2.01. The van der Waals surface area contributed by atoms with E-state index in [9.17, 15) is 4.79 Å². The lowest BCUT2D eigenvalue weighted by Gasteiger charge is -2.21. The SMILES string of the molecule is CC(C)COCCNC(=O)C1CCNCC1. The normalized spacial score (nSPS) is 17.7. The van der Waals surface area contributed by atoms with Gasteiger partial charge in [-0.1, -0.05) is 13.8 Å². The van der Waals surface area contributed by atoms with Gasteiger partial charge in [-0.2, -0.15) is 0 Å². The van der Waals surface area contributed by atoms with Gasteiger partial charge in [0.25, 0.3) is 0 Å². The van der Waals surface area contributed by atoms with Gasteiger partial charge in [0.1, 0.15) is 0 Å². The fourth-order valence-corrected chi connectivity index (χ4v) is 1.79. The number of carbonyl (C=O) groups excluding carboxylic acids is 1. The first kappa shape index (κ1) is 13.5.